The van der Waals surface area contributed by atoms with Crippen molar-refractivity contribution in [2.45, 2.75) is 43.7 Å². The molecule has 1 aromatic carbocycles. The van der Waals surface area contributed by atoms with E-state index < -0.39 is 5.60 Å². The average molecular weight is 287 g/mol. The van der Waals surface area contributed by atoms with Crippen LogP contribution in [0.4, 0.5) is 0 Å². The van der Waals surface area contributed by atoms with Crippen LogP contribution in [0.5, 0.6) is 5.75 Å². The number of benzene rings is 1. The Morgan fingerprint density at radius 1 is 1.29 bits per heavy atom. The molecule has 3 rings (SSSR count). The third-order valence-electron chi connectivity index (χ3n) is 5.00. The number of piperidine rings is 1. The van der Waals surface area contributed by atoms with Gasteiger partial charge in [-0.05, 0) is 43.5 Å². The molecular weight excluding hydrogens is 262 g/mol. The van der Waals surface area contributed by atoms with E-state index in [9.17, 15) is 5.11 Å². The standard InChI is InChI=1S/C18H25NO2/c1-2-13-21-15-8-6-14(7-9-15)17-16-5-3-4-10-18(16,20)11-12-19-17/h2,6-9,16-17,19-20H,1,3-5,10-13H2/t16-,17-,18-/m0/s1. The van der Waals surface area contributed by atoms with Crippen LogP contribution in [0.15, 0.2) is 36.9 Å². The highest BCUT2D eigenvalue weighted by atomic mass is 16.5. The lowest BCUT2D eigenvalue weighted by atomic mass is 9.67. The fourth-order valence-corrected chi connectivity index (χ4v) is 3.90. The lowest BCUT2D eigenvalue weighted by Crippen LogP contribution is -2.53. The van der Waals surface area contributed by atoms with Crippen molar-refractivity contribution in [1.29, 1.82) is 0 Å². The lowest BCUT2D eigenvalue weighted by molar-refractivity contribution is -0.0861. The maximum Gasteiger partial charge on any atom is 0.119 e. The summed E-state index contributed by atoms with van der Waals surface area (Å²) >= 11 is 0. The van der Waals surface area contributed by atoms with E-state index in [2.05, 4.69) is 24.0 Å². The highest BCUT2D eigenvalue weighted by molar-refractivity contribution is 5.30. The summed E-state index contributed by atoms with van der Waals surface area (Å²) in [6.07, 6.45) is 7.09. The van der Waals surface area contributed by atoms with Crippen molar-refractivity contribution in [3.05, 3.63) is 42.5 Å². The molecule has 3 nitrogen and oxygen atoms in total. The zero-order chi connectivity index (χ0) is 14.7. The van der Waals surface area contributed by atoms with Crippen molar-refractivity contribution in [1.82, 2.24) is 5.32 Å². The van der Waals surface area contributed by atoms with Gasteiger partial charge in [0.15, 0.2) is 0 Å². The number of fused-ring (bicyclic) bond motifs is 1. The number of rotatable bonds is 4. The smallest absolute Gasteiger partial charge is 0.119 e. The van der Waals surface area contributed by atoms with Gasteiger partial charge in [-0.1, -0.05) is 37.6 Å². The molecule has 2 N–H and O–H groups in total. The molecule has 3 heteroatoms. The fourth-order valence-electron chi connectivity index (χ4n) is 3.90. The monoisotopic (exact) mass is 287 g/mol. The first-order valence-corrected chi connectivity index (χ1v) is 8.02. The second-order valence-electron chi connectivity index (χ2n) is 6.31. The van der Waals surface area contributed by atoms with Gasteiger partial charge < -0.3 is 15.2 Å². The molecule has 0 radical (unpaired) electrons. The maximum absolute atomic E-state index is 10.9. The lowest BCUT2D eigenvalue weighted by Gasteiger charge is -2.48. The van der Waals surface area contributed by atoms with Gasteiger partial charge in [0.25, 0.3) is 0 Å². The second kappa shape index (κ2) is 6.20. The van der Waals surface area contributed by atoms with E-state index in [0.29, 0.717) is 12.5 Å². The number of hydrogen-bond donors (Lipinski definition) is 2. The maximum atomic E-state index is 10.9. The molecule has 1 heterocycles. The summed E-state index contributed by atoms with van der Waals surface area (Å²) in [7, 11) is 0. The van der Waals surface area contributed by atoms with Gasteiger partial charge >= 0.3 is 0 Å². The highest BCUT2D eigenvalue weighted by Crippen LogP contribution is 2.45. The molecule has 2 fully saturated rings. The van der Waals surface area contributed by atoms with E-state index in [1.54, 1.807) is 6.08 Å². The van der Waals surface area contributed by atoms with E-state index in [4.69, 9.17) is 4.74 Å². The van der Waals surface area contributed by atoms with Crippen LogP contribution >= 0.6 is 0 Å². The van der Waals surface area contributed by atoms with Crippen molar-refractivity contribution in [2.24, 2.45) is 5.92 Å². The van der Waals surface area contributed by atoms with Crippen LogP contribution in [0.1, 0.15) is 43.7 Å². The number of hydrogen-bond acceptors (Lipinski definition) is 3. The molecule has 0 spiro atoms. The molecule has 1 saturated heterocycles. The van der Waals surface area contributed by atoms with Crippen molar-refractivity contribution in [3.63, 3.8) is 0 Å². The molecule has 1 aliphatic carbocycles. The van der Waals surface area contributed by atoms with Gasteiger partial charge in [0, 0.05) is 12.0 Å². The zero-order valence-electron chi connectivity index (χ0n) is 12.6. The summed E-state index contributed by atoms with van der Waals surface area (Å²) in [6.45, 7) is 5.08. The number of aliphatic hydroxyl groups is 1. The Kier molecular flexibility index (Phi) is 4.32. The first-order chi connectivity index (χ1) is 10.2. The minimum absolute atomic E-state index is 0.262. The van der Waals surface area contributed by atoms with Gasteiger partial charge in [0.1, 0.15) is 12.4 Å². The van der Waals surface area contributed by atoms with Crippen molar-refractivity contribution in [3.8, 4) is 5.75 Å². The topological polar surface area (TPSA) is 41.5 Å². The van der Waals surface area contributed by atoms with Crippen LogP contribution in [-0.4, -0.2) is 23.9 Å². The Balaban J connectivity index is 1.77. The van der Waals surface area contributed by atoms with Crippen molar-refractivity contribution in [2.75, 3.05) is 13.2 Å². The van der Waals surface area contributed by atoms with Crippen LogP contribution in [0.3, 0.4) is 0 Å². The molecular formula is C18H25NO2. The van der Waals surface area contributed by atoms with Crippen molar-refractivity contribution >= 4 is 0 Å². The minimum atomic E-state index is -0.466. The Bertz CT molecular complexity index is 480. The molecule has 0 aromatic heterocycles. The zero-order valence-corrected chi connectivity index (χ0v) is 12.6. The largest absolute Gasteiger partial charge is 0.490 e. The summed E-state index contributed by atoms with van der Waals surface area (Å²) in [6, 6.07) is 8.53. The summed E-state index contributed by atoms with van der Waals surface area (Å²) < 4.78 is 5.54. The molecule has 0 unspecified atom stereocenters. The van der Waals surface area contributed by atoms with E-state index in [1.165, 1.54) is 12.0 Å². The van der Waals surface area contributed by atoms with Gasteiger partial charge in [-0.25, -0.2) is 0 Å². The first-order valence-electron chi connectivity index (χ1n) is 8.02. The molecule has 0 amide bonds. The Hall–Kier alpha value is -1.32. The summed E-state index contributed by atoms with van der Waals surface area (Å²) in [4.78, 5) is 0. The van der Waals surface area contributed by atoms with E-state index >= 15 is 0 Å². The Morgan fingerprint density at radius 2 is 2.10 bits per heavy atom. The predicted octanol–water partition coefficient (Wildman–Crippen LogP) is 3.21. The third-order valence-corrected chi connectivity index (χ3v) is 5.00. The van der Waals surface area contributed by atoms with E-state index in [1.807, 2.05) is 12.1 Å². The second-order valence-corrected chi connectivity index (χ2v) is 6.31. The summed E-state index contributed by atoms with van der Waals surface area (Å²) in [5.74, 6) is 1.20. The highest BCUT2D eigenvalue weighted by Gasteiger charge is 2.45. The fraction of sp³-hybridized carbons (Fsp3) is 0.556. The van der Waals surface area contributed by atoms with Crippen LogP contribution < -0.4 is 10.1 Å². The normalized spacial score (nSPS) is 32.2. The molecule has 2 aliphatic rings. The van der Waals surface area contributed by atoms with E-state index in [-0.39, 0.29) is 6.04 Å². The van der Waals surface area contributed by atoms with Gasteiger partial charge in [-0.3, -0.25) is 0 Å². The van der Waals surface area contributed by atoms with Crippen LogP contribution in [-0.2, 0) is 0 Å². The van der Waals surface area contributed by atoms with Gasteiger partial charge in [-0.2, -0.15) is 0 Å². The summed E-state index contributed by atoms with van der Waals surface area (Å²) in [5.41, 5.74) is 0.789. The number of nitrogens with one attached hydrogen (secondary N) is 1. The van der Waals surface area contributed by atoms with Gasteiger partial charge in [0.2, 0.25) is 0 Å². The molecule has 1 aliphatic heterocycles. The SMILES string of the molecule is C=CCOc1ccc([C@@H]2NCC[C@@]3(O)CCCC[C@@H]23)cc1. The van der Waals surface area contributed by atoms with Gasteiger partial charge in [0.05, 0.1) is 5.60 Å². The minimum Gasteiger partial charge on any atom is -0.490 e. The van der Waals surface area contributed by atoms with E-state index in [0.717, 1.165) is 38.0 Å². The number of ether oxygens (including phenoxy) is 1. The summed E-state index contributed by atoms with van der Waals surface area (Å²) in [5, 5.41) is 14.5. The molecule has 1 aromatic rings. The Morgan fingerprint density at radius 3 is 2.86 bits per heavy atom. The van der Waals surface area contributed by atoms with Crippen LogP contribution in [0.25, 0.3) is 0 Å². The molecule has 1 saturated carbocycles. The molecule has 3 atom stereocenters. The predicted molar refractivity (Wildman–Crippen MR) is 84.4 cm³/mol. The first kappa shape index (κ1) is 14.6. The molecule has 114 valence electrons. The quantitative estimate of drug-likeness (QED) is 0.836. The molecule has 21 heavy (non-hydrogen) atoms. The average Bonchev–Trinajstić information content (AvgIpc) is 2.52. The van der Waals surface area contributed by atoms with Crippen LogP contribution in [0.2, 0.25) is 0 Å². The van der Waals surface area contributed by atoms with Gasteiger partial charge in [-0.15, -0.1) is 0 Å². The molecule has 0 bridgehead atoms. The van der Waals surface area contributed by atoms with Crippen molar-refractivity contribution < 1.29 is 9.84 Å². The van der Waals surface area contributed by atoms with Crippen LogP contribution in [0, 0.1) is 5.92 Å². The third kappa shape index (κ3) is 2.99. The Labute approximate surface area is 127 Å².